The molecule has 1 unspecified atom stereocenters. The van der Waals surface area contributed by atoms with Crippen molar-refractivity contribution >= 4 is 29.2 Å². The first-order valence-corrected chi connectivity index (χ1v) is 9.69. The number of amides is 2. The summed E-state index contributed by atoms with van der Waals surface area (Å²) in [6.45, 7) is 0.429. The molecule has 4 rings (SSSR count). The van der Waals surface area contributed by atoms with Crippen molar-refractivity contribution < 1.29 is 32.3 Å². The Morgan fingerprint density at radius 3 is 2.61 bits per heavy atom. The quantitative estimate of drug-likeness (QED) is 0.697. The van der Waals surface area contributed by atoms with Gasteiger partial charge in [-0.15, -0.1) is 0 Å². The summed E-state index contributed by atoms with van der Waals surface area (Å²) in [7, 11) is 1.29. The lowest BCUT2D eigenvalue weighted by atomic mass is 10.1. The first kappa shape index (κ1) is 20.9. The minimum atomic E-state index is -4.52. The van der Waals surface area contributed by atoms with Gasteiger partial charge in [0.2, 0.25) is 11.8 Å². The van der Waals surface area contributed by atoms with Crippen LogP contribution in [-0.2, 0) is 26.9 Å². The van der Waals surface area contributed by atoms with E-state index in [1.54, 1.807) is 23.1 Å². The highest BCUT2D eigenvalue weighted by Crippen LogP contribution is 2.35. The number of esters is 1. The van der Waals surface area contributed by atoms with Crippen molar-refractivity contribution in [2.75, 3.05) is 30.0 Å². The Morgan fingerprint density at radius 2 is 1.90 bits per heavy atom. The number of carbonyl (C=O) groups is 3. The molecule has 0 saturated carbocycles. The number of nitrogens with zero attached hydrogens (tertiary/aromatic N) is 2. The van der Waals surface area contributed by atoms with Crippen LogP contribution in [0.1, 0.15) is 27.9 Å². The van der Waals surface area contributed by atoms with Crippen molar-refractivity contribution in [1.82, 2.24) is 0 Å². The summed E-state index contributed by atoms with van der Waals surface area (Å²) in [5.41, 5.74) is 1.17. The fourth-order valence-corrected chi connectivity index (χ4v) is 4.07. The zero-order valence-corrected chi connectivity index (χ0v) is 16.6. The molecule has 0 bridgehead atoms. The summed E-state index contributed by atoms with van der Waals surface area (Å²) in [4.78, 5) is 40.1. The van der Waals surface area contributed by atoms with E-state index >= 15 is 0 Å². The Hall–Kier alpha value is -3.36. The number of ether oxygens (including phenoxy) is 1. The van der Waals surface area contributed by atoms with Gasteiger partial charge in [0.15, 0.2) is 0 Å². The Balaban J connectivity index is 1.52. The number of alkyl halides is 3. The molecule has 0 aliphatic carbocycles. The number of halogens is 3. The molecule has 2 heterocycles. The van der Waals surface area contributed by atoms with Crippen molar-refractivity contribution in [1.29, 1.82) is 0 Å². The molecule has 9 heteroatoms. The van der Waals surface area contributed by atoms with Crippen molar-refractivity contribution in [2.45, 2.75) is 19.0 Å². The van der Waals surface area contributed by atoms with Crippen molar-refractivity contribution in [2.24, 2.45) is 5.92 Å². The van der Waals surface area contributed by atoms with Gasteiger partial charge >= 0.3 is 12.1 Å². The maximum Gasteiger partial charge on any atom is 0.416 e. The topological polar surface area (TPSA) is 66.9 Å². The number of fused-ring (bicyclic) bond motifs is 1. The molecular formula is C22H19F3N2O4. The fourth-order valence-electron chi connectivity index (χ4n) is 4.07. The van der Waals surface area contributed by atoms with Gasteiger partial charge in [0.05, 0.1) is 24.2 Å². The van der Waals surface area contributed by atoms with Crippen LogP contribution in [0.15, 0.2) is 42.5 Å². The van der Waals surface area contributed by atoms with Crippen LogP contribution in [0.2, 0.25) is 0 Å². The van der Waals surface area contributed by atoms with E-state index in [0.29, 0.717) is 24.2 Å². The lowest BCUT2D eigenvalue weighted by molar-refractivity contribution is -0.137. The molecule has 2 aliphatic rings. The number of methoxy groups -OCH3 is 1. The lowest BCUT2D eigenvalue weighted by Gasteiger charge is -2.22. The van der Waals surface area contributed by atoms with E-state index in [4.69, 9.17) is 4.74 Å². The van der Waals surface area contributed by atoms with E-state index in [0.717, 1.165) is 17.7 Å². The summed E-state index contributed by atoms with van der Waals surface area (Å²) < 4.78 is 43.7. The van der Waals surface area contributed by atoms with Gasteiger partial charge < -0.3 is 14.5 Å². The van der Waals surface area contributed by atoms with Crippen LogP contribution in [0.3, 0.4) is 0 Å². The highest BCUT2D eigenvalue weighted by atomic mass is 19.4. The van der Waals surface area contributed by atoms with Gasteiger partial charge in [-0.05, 0) is 48.4 Å². The smallest absolute Gasteiger partial charge is 0.416 e. The third-order valence-electron chi connectivity index (χ3n) is 5.62. The van der Waals surface area contributed by atoms with Gasteiger partial charge in [0.1, 0.15) is 0 Å². The molecule has 0 spiro atoms. The van der Waals surface area contributed by atoms with E-state index in [2.05, 4.69) is 0 Å². The second kappa shape index (κ2) is 7.72. The van der Waals surface area contributed by atoms with E-state index in [-0.39, 0.29) is 24.6 Å². The van der Waals surface area contributed by atoms with E-state index in [9.17, 15) is 27.6 Å². The summed E-state index contributed by atoms with van der Waals surface area (Å²) in [6.07, 6.45) is -4.03. The van der Waals surface area contributed by atoms with Crippen LogP contribution < -0.4 is 9.80 Å². The summed E-state index contributed by atoms with van der Waals surface area (Å²) in [5, 5.41) is 0. The molecule has 6 nitrogen and oxygen atoms in total. The first-order chi connectivity index (χ1) is 14.7. The standard InChI is InChI=1S/C22H19F3N2O4/c1-31-21(30)14-5-6-18-13(9-14)7-8-26(18)20(29)15-10-19(28)27(12-15)17-4-2-3-16(11-17)22(23,24)25/h2-6,9,11,15H,7-8,10,12H2,1H3. The van der Waals surface area contributed by atoms with Gasteiger partial charge in [0, 0.05) is 30.9 Å². The fraction of sp³-hybridized carbons (Fsp3) is 0.318. The molecule has 0 aromatic heterocycles. The first-order valence-electron chi connectivity index (χ1n) is 9.69. The molecule has 2 amide bonds. The predicted molar refractivity (Wildman–Crippen MR) is 106 cm³/mol. The summed E-state index contributed by atoms with van der Waals surface area (Å²) in [5.74, 6) is -1.77. The number of hydrogen-bond acceptors (Lipinski definition) is 4. The summed E-state index contributed by atoms with van der Waals surface area (Å²) in [6, 6.07) is 9.47. The maximum atomic E-state index is 13.1. The largest absolute Gasteiger partial charge is 0.465 e. The van der Waals surface area contributed by atoms with Crippen LogP contribution in [-0.4, -0.2) is 38.0 Å². The molecule has 31 heavy (non-hydrogen) atoms. The second-order valence-corrected chi connectivity index (χ2v) is 7.53. The second-order valence-electron chi connectivity index (χ2n) is 7.53. The normalized spacial score (nSPS) is 18.3. The van der Waals surface area contributed by atoms with Crippen LogP contribution in [0.25, 0.3) is 0 Å². The third kappa shape index (κ3) is 3.87. The lowest BCUT2D eigenvalue weighted by Crippen LogP contribution is -2.36. The van der Waals surface area contributed by atoms with Crippen LogP contribution >= 0.6 is 0 Å². The molecule has 2 aromatic rings. The Bertz CT molecular complexity index is 1070. The van der Waals surface area contributed by atoms with Crippen LogP contribution in [0, 0.1) is 5.92 Å². The zero-order chi connectivity index (χ0) is 22.3. The Kier molecular flexibility index (Phi) is 5.20. The van der Waals surface area contributed by atoms with E-state index in [1.165, 1.54) is 24.1 Å². The van der Waals surface area contributed by atoms with E-state index < -0.39 is 29.5 Å². The van der Waals surface area contributed by atoms with Gasteiger partial charge in [-0.25, -0.2) is 4.79 Å². The number of anilines is 2. The van der Waals surface area contributed by atoms with Gasteiger partial charge in [-0.2, -0.15) is 13.2 Å². The van der Waals surface area contributed by atoms with Crippen molar-refractivity contribution in [3.05, 3.63) is 59.2 Å². The molecule has 1 saturated heterocycles. The number of rotatable bonds is 3. The van der Waals surface area contributed by atoms with Crippen molar-refractivity contribution in [3.8, 4) is 0 Å². The highest BCUT2D eigenvalue weighted by Gasteiger charge is 2.40. The third-order valence-corrected chi connectivity index (χ3v) is 5.62. The molecule has 1 atom stereocenters. The predicted octanol–water partition coefficient (Wildman–Crippen LogP) is 3.43. The molecule has 2 aromatic carbocycles. The average Bonchev–Trinajstić information content (AvgIpc) is 3.35. The van der Waals surface area contributed by atoms with Gasteiger partial charge in [-0.1, -0.05) is 6.07 Å². The molecule has 0 N–H and O–H groups in total. The molecular weight excluding hydrogens is 413 g/mol. The molecule has 0 radical (unpaired) electrons. The van der Waals surface area contributed by atoms with Gasteiger partial charge in [0.25, 0.3) is 0 Å². The Morgan fingerprint density at radius 1 is 1.13 bits per heavy atom. The minimum absolute atomic E-state index is 0.0189. The van der Waals surface area contributed by atoms with Gasteiger partial charge in [-0.3, -0.25) is 9.59 Å². The average molecular weight is 432 g/mol. The number of hydrogen-bond donors (Lipinski definition) is 0. The highest BCUT2D eigenvalue weighted by molar-refractivity contribution is 6.05. The summed E-state index contributed by atoms with van der Waals surface area (Å²) >= 11 is 0. The van der Waals surface area contributed by atoms with Crippen LogP contribution in [0.4, 0.5) is 24.5 Å². The maximum absolute atomic E-state index is 13.1. The van der Waals surface area contributed by atoms with E-state index in [1.807, 2.05) is 0 Å². The number of benzene rings is 2. The zero-order valence-electron chi connectivity index (χ0n) is 16.6. The Labute approximate surface area is 176 Å². The monoisotopic (exact) mass is 432 g/mol. The molecule has 1 fully saturated rings. The minimum Gasteiger partial charge on any atom is -0.465 e. The number of carbonyl (C=O) groups excluding carboxylic acids is 3. The van der Waals surface area contributed by atoms with Crippen LogP contribution in [0.5, 0.6) is 0 Å². The van der Waals surface area contributed by atoms with Crippen molar-refractivity contribution in [3.63, 3.8) is 0 Å². The molecule has 2 aliphatic heterocycles. The SMILES string of the molecule is COC(=O)c1ccc2c(c1)CCN2C(=O)C1CC(=O)N(c2cccc(C(F)(F)F)c2)C1. The molecule has 162 valence electrons.